The quantitative estimate of drug-likeness (QED) is 0.863. The Morgan fingerprint density at radius 3 is 3.00 bits per heavy atom. The van der Waals surface area contributed by atoms with Gasteiger partial charge in [0.1, 0.15) is 12.2 Å². The van der Waals surface area contributed by atoms with Gasteiger partial charge in [-0.2, -0.15) is 5.26 Å². The molecule has 2 rings (SSSR count). The van der Waals surface area contributed by atoms with Crippen molar-refractivity contribution >= 4 is 16.9 Å². The Morgan fingerprint density at radius 1 is 1.53 bits per heavy atom. The fourth-order valence-corrected chi connectivity index (χ4v) is 1.60. The molecule has 0 atom stereocenters. The Kier molecular flexibility index (Phi) is 3.06. The molecule has 0 fully saturated rings. The van der Waals surface area contributed by atoms with Crippen molar-refractivity contribution in [3.05, 3.63) is 30.1 Å². The van der Waals surface area contributed by atoms with Gasteiger partial charge >= 0.3 is 0 Å². The number of benzene rings is 1. The summed E-state index contributed by atoms with van der Waals surface area (Å²) in [6.45, 7) is 0.384. The summed E-state index contributed by atoms with van der Waals surface area (Å²) in [6.07, 6.45) is -0.100. The third-order valence-electron chi connectivity index (χ3n) is 2.48. The monoisotopic (exact) mass is 228 g/mol. The summed E-state index contributed by atoms with van der Waals surface area (Å²) in [4.78, 5) is 20.4. The molecule has 2 aromatic rings. The van der Waals surface area contributed by atoms with E-state index in [1.807, 2.05) is 30.3 Å². The summed E-state index contributed by atoms with van der Waals surface area (Å²) in [6, 6.07) is 9.52. The molecular weight excluding hydrogens is 216 g/mol. The van der Waals surface area contributed by atoms with Gasteiger partial charge in [-0.05, 0) is 12.1 Å². The van der Waals surface area contributed by atoms with E-state index >= 15 is 0 Å². The Bertz CT molecular complexity index is 548. The Labute approximate surface area is 98.7 Å². The first-order valence-electron chi connectivity index (χ1n) is 5.25. The van der Waals surface area contributed by atoms with Crippen molar-refractivity contribution < 1.29 is 4.79 Å². The number of H-pyrrole nitrogens is 1. The smallest absolute Gasteiger partial charge is 0.236 e. The van der Waals surface area contributed by atoms with Crippen LogP contribution < -0.4 is 0 Å². The van der Waals surface area contributed by atoms with Gasteiger partial charge in [-0.25, -0.2) is 4.98 Å². The molecule has 0 saturated heterocycles. The molecule has 1 aromatic heterocycles. The highest BCUT2D eigenvalue weighted by Crippen LogP contribution is 2.11. The molecule has 1 N–H and O–H groups in total. The lowest BCUT2D eigenvalue weighted by atomic mass is 10.3. The molecule has 5 nitrogen and oxygen atoms in total. The van der Waals surface area contributed by atoms with Gasteiger partial charge in [-0.1, -0.05) is 12.1 Å². The lowest BCUT2D eigenvalue weighted by Gasteiger charge is -2.13. The number of carbonyl (C=O) groups is 1. The maximum absolute atomic E-state index is 11.4. The van der Waals surface area contributed by atoms with Crippen molar-refractivity contribution in [2.75, 3.05) is 7.05 Å². The number of nitrogens with zero attached hydrogens (tertiary/aromatic N) is 3. The number of nitriles is 1. The molecule has 1 amide bonds. The van der Waals surface area contributed by atoms with E-state index in [0.717, 1.165) is 16.9 Å². The van der Waals surface area contributed by atoms with Gasteiger partial charge in [-0.3, -0.25) is 4.79 Å². The molecule has 0 radical (unpaired) electrons. The average molecular weight is 228 g/mol. The molecule has 0 aliphatic carbocycles. The zero-order valence-electron chi connectivity index (χ0n) is 9.47. The van der Waals surface area contributed by atoms with E-state index in [1.54, 1.807) is 7.05 Å². The Balaban J connectivity index is 2.13. The molecular formula is C12H12N4O. The summed E-state index contributed by atoms with van der Waals surface area (Å²) in [5.74, 6) is 0.521. The van der Waals surface area contributed by atoms with Gasteiger partial charge in [-0.15, -0.1) is 0 Å². The predicted molar refractivity (Wildman–Crippen MR) is 62.8 cm³/mol. The minimum Gasteiger partial charge on any atom is -0.340 e. The number of imidazole rings is 1. The summed E-state index contributed by atoms with van der Waals surface area (Å²) in [5, 5.41) is 8.45. The average Bonchev–Trinajstić information content (AvgIpc) is 2.71. The van der Waals surface area contributed by atoms with Crippen molar-refractivity contribution in [3.63, 3.8) is 0 Å². The molecule has 0 saturated carbocycles. The highest BCUT2D eigenvalue weighted by molar-refractivity contribution is 5.78. The van der Waals surface area contributed by atoms with Crippen LogP contribution in [0.15, 0.2) is 24.3 Å². The van der Waals surface area contributed by atoms with Crippen molar-refractivity contribution in [3.8, 4) is 6.07 Å². The summed E-state index contributed by atoms with van der Waals surface area (Å²) in [7, 11) is 1.66. The summed E-state index contributed by atoms with van der Waals surface area (Å²) < 4.78 is 0. The molecule has 1 aromatic carbocycles. The maximum Gasteiger partial charge on any atom is 0.236 e. The van der Waals surface area contributed by atoms with Crippen LogP contribution in [0.4, 0.5) is 0 Å². The van der Waals surface area contributed by atoms with Gasteiger partial charge in [0.05, 0.1) is 23.6 Å². The highest BCUT2D eigenvalue weighted by Gasteiger charge is 2.10. The minimum absolute atomic E-state index is 0.100. The molecule has 0 aliphatic rings. The molecule has 0 bridgehead atoms. The fourth-order valence-electron chi connectivity index (χ4n) is 1.60. The number of nitrogens with one attached hydrogen (secondary N) is 1. The van der Waals surface area contributed by atoms with Crippen molar-refractivity contribution in [1.82, 2.24) is 14.9 Å². The molecule has 86 valence electrons. The maximum atomic E-state index is 11.4. The van der Waals surface area contributed by atoms with Gasteiger partial charge in [0.25, 0.3) is 0 Å². The summed E-state index contributed by atoms with van der Waals surface area (Å²) >= 11 is 0. The van der Waals surface area contributed by atoms with Crippen LogP contribution in [0, 0.1) is 11.3 Å². The third kappa shape index (κ3) is 2.42. The molecule has 1 heterocycles. The number of carbonyl (C=O) groups excluding carboxylic acids is 1. The van der Waals surface area contributed by atoms with E-state index in [-0.39, 0.29) is 12.3 Å². The van der Waals surface area contributed by atoms with Crippen LogP contribution in [-0.4, -0.2) is 27.8 Å². The number of hydrogen-bond acceptors (Lipinski definition) is 3. The first kappa shape index (κ1) is 11.1. The van der Waals surface area contributed by atoms with Crippen LogP contribution in [0.3, 0.4) is 0 Å². The number of aromatic nitrogens is 2. The molecule has 5 heteroatoms. The van der Waals surface area contributed by atoms with Crippen LogP contribution in [0.25, 0.3) is 11.0 Å². The van der Waals surface area contributed by atoms with Gasteiger partial charge in [0, 0.05) is 7.05 Å². The van der Waals surface area contributed by atoms with Crippen LogP contribution in [0.1, 0.15) is 12.2 Å². The van der Waals surface area contributed by atoms with Crippen molar-refractivity contribution in [2.45, 2.75) is 13.0 Å². The van der Waals surface area contributed by atoms with E-state index < -0.39 is 0 Å². The Hall–Kier alpha value is -2.35. The number of para-hydroxylation sites is 2. The third-order valence-corrected chi connectivity index (χ3v) is 2.48. The standard InChI is InChI=1S/C12H12N4O/c1-16(12(17)6-7-13)8-11-14-9-4-2-3-5-10(9)15-11/h2-5H,6,8H2,1H3,(H,14,15). The molecule has 0 spiro atoms. The molecule has 17 heavy (non-hydrogen) atoms. The van der Waals surface area contributed by atoms with Gasteiger partial charge in [0.2, 0.25) is 5.91 Å². The molecule has 0 unspecified atom stereocenters. The number of aromatic amines is 1. The van der Waals surface area contributed by atoms with Crippen LogP contribution in [0.2, 0.25) is 0 Å². The minimum atomic E-state index is -0.201. The highest BCUT2D eigenvalue weighted by atomic mass is 16.2. The van der Waals surface area contributed by atoms with E-state index in [4.69, 9.17) is 5.26 Å². The number of fused-ring (bicyclic) bond motifs is 1. The van der Waals surface area contributed by atoms with E-state index in [1.165, 1.54) is 4.90 Å². The predicted octanol–water partition coefficient (Wildman–Crippen LogP) is 1.43. The van der Waals surface area contributed by atoms with Crippen LogP contribution >= 0.6 is 0 Å². The lowest BCUT2D eigenvalue weighted by molar-refractivity contribution is -0.129. The number of rotatable bonds is 3. The van der Waals surface area contributed by atoms with Gasteiger partial charge in [0.15, 0.2) is 0 Å². The van der Waals surface area contributed by atoms with E-state index in [0.29, 0.717) is 6.54 Å². The second-order valence-electron chi connectivity index (χ2n) is 3.79. The van der Waals surface area contributed by atoms with Crippen LogP contribution in [-0.2, 0) is 11.3 Å². The molecule has 0 aliphatic heterocycles. The topological polar surface area (TPSA) is 72.8 Å². The zero-order valence-corrected chi connectivity index (χ0v) is 9.47. The van der Waals surface area contributed by atoms with Crippen molar-refractivity contribution in [1.29, 1.82) is 5.26 Å². The van der Waals surface area contributed by atoms with Crippen molar-refractivity contribution in [2.24, 2.45) is 0 Å². The van der Waals surface area contributed by atoms with Gasteiger partial charge < -0.3 is 9.88 Å². The Morgan fingerprint density at radius 2 is 2.29 bits per heavy atom. The number of hydrogen-bond donors (Lipinski definition) is 1. The zero-order chi connectivity index (χ0) is 12.3. The second kappa shape index (κ2) is 4.66. The SMILES string of the molecule is CN(Cc1nc2ccccc2[nH]1)C(=O)CC#N. The lowest BCUT2D eigenvalue weighted by Crippen LogP contribution is -2.25. The normalized spacial score (nSPS) is 10.1. The largest absolute Gasteiger partial charge is 0.340 e. The second-order valence-corrected chi connectivity index (χ2v) is 3.79. The van der Waals surface area contributed by atoms with E-state index in [9.17, 15) is 4.79 Å². The summed E-state index contributed by atoms with van der Waals surface area (Å²) in [5.41, 5.74) is 1.83. The fraction of sp³-hybridized carbons (Fsp3) is 0.250. The first-order chi connectivity index (χ1) is 8.20. The van der Waals surface area contributed by atoms with E-state index in [2.05, 4.69) is 9.97 Å². The first-order valence-corrected chi connectivity index (χ1v) is 5.25. The van der Waals surface area contributed by atoms with Crippen LogP contribution in [0.5, 0.6) is 0 Å². The number of amides is 1.